The van der Waals surface area contributed by atoms with Crippen LogP contribution < -0.4 is 0 Å². The molecule has 0 atom stereocenters. The van der Waals surface area contributed by atoms with Gasteiger partial charge in [0.2, 0.25) is 0 Å². The molecule has 1 aromatic rings. The highest BCUT2D eigenvalue weighted by Gasteiger charge is 2.12. The van der Waals surface area contributed by atoms with Crippen LogP contribution in [0.4, 0.5) is 0 Å². The third-order valence-electron chi connectivity index (χ3n) is 2.42. The molecule has 0 aliphatic heterocycles. The Labute approximate surface area is 102 Å². The number of aromatic carboxylic acids is 1. The van der Waals surface area contributed by atoms with E-state index in [0.717, 1.165) is 19.4 Å². The van der Waals surface area contributed by atoms with Crippen LogP contribution in [0.1, 0.15) is 35.2 Å². The Morgan fingerprint density at radius 1 is 1.41 bits per heavy atom. The van der Waals surface area contributed by atoms with Crippen molar-refractivity contribution < 1.29 is 9.90 Å². The van der Waals surface area contributed by atoms with Gasteiger partial charge in [0.15, 0.2) is 0 Å². The summed E-state index contributed by atoms with van der Waals surface area (Å²) < 4.78 is 0. The maximum absolute atomic E-state index is 11.0. The minimum absolute atomic E-state index is 0.223. The normalized spacial score (nSPS) is 10.8. The first kappa shape index (κ1) is 13.6. The molecule has 0 saturated carbocycles. The van der Waals surface area contributed by atoms with Crippen molar-refractivity contribution in [1.82, 2.24) is 14.9 Å². The van der Waals surface area contributed by atoms with E-state index in [0.29, 0.717) is 17.9 Å². The first-order valence-corrected chi connectivity index (χ1v) is 5.77. The molecule has 1 N–H and O–H groups in total. The predicted octanol–water partition coefficient (Wildman–Crippen LogP) is 1.23. The van der Waals surface area contributed by atoms with Crippen molar-refractivity contribution >= 4 is 5.97 Å². The number of carboxylic acid groups (broad SMARTS) is 1. The van der Waals surface area contributed by atoms with E-state index < -0.39 is 5.97 Å². The number of hydrogen-bond acceptors (Lipinski definition) is 4. The standard InChI is InChI=1S/C12H19N3O2/c1-4-5-10-9(12(16)17)8-13-11(14-10)6-7-15(2)3/h8H,4-7H2,1-3H3,(H,16,17). The summed E-state index contributed by atoms with van der Waals surface area (Å²) in [6.45, 7) is 2.87. The second kappa shape index (κ2) is 6.30. The van der Waals surface area contributed by atoms with Crippen LogP contribution in [0.15, 0.2) is 6.20 Å². The lowest BCUT2D eigenvalue weighted by Gasteiger charge is -2.10. The van der Waals surface area contributed by atoms with E-state index in [2.05, 4.69) is 9.97 Å². The maximum atomic E-state index is 11.0. The Morgan fingerprint density at radius 3 is 2.65 bits per heavy atom. The predicted molar refractivity (Wildman–Crippen MR) is 65.2 cm³/mol. The molecule has 0 unspecified atom stereocenters. The Hall–Kier alpha value is -1.49. The van der Waals surface area contributed by atoms with Crippen molar-refractivity contribution in [1.29, 1.82) is 0 Å². The van der Waals surface area contributed by atoms with Gasteiger partial charge in [0, 0.05) is 19.2 Å². The van der Waals surface area contributed by atoms with E-state index in [1.54, 1.807) is 0 Å². The third-order valence-corrected chi connectivity index (χ3v) is 2.42. The number of likely N-dealkylation sites (N-methyl/N-ethyl adjacent to an activating group) is 1. The van der Waals surface area contributed by atoms with Crippen molar-refractivity contribution in [3.05, 3.63) is 23.3 Å². The van der Waals surface area contributed by atoms with Crippen molar-refractivity contribution in [3.63, 3.8) is 0 Å². The molecule has 0 bridgehead atoms. The van der Waals surface area contributed by atoms with Gasteiger partial charge in [-0.2, -0.15) is 0 Å². The highest BCUT2D eigenvalue weighted by atomic mass is 16.4. The Bertz CT molecular complexity index is 391. The number of rotatable bonds is 6. The van der Waals surface area contributed by atoms with Gasteiger partial charge in [-0.3, -0.25) is 0 Å². The lowest BCUT2D eigenvalue weighted by atomic mass is 10.1. The fraction of sp³-hybridized carbons (Fsp3) is 0.583. The first-order valence-electron chi connectivity index (χ1n) is 5.77. The van der Waals surface area contributed by atoms with Gasteiger partial charge in [0.05, 0.1) is 11.3 Å². The molecule has 0 spiro atoms. The lowest BCUT2D eigenvalue weighted by Crippen LogP contribution is -2.17. The van der Waals surface area contributed by atoms with Gasteiger partial charge < -0.3 is 10.0 Å². The molecular weight excluding hydrogens is 218 g/mol. The zero-order chi connectivity index (χ0) is 12.8. The first-order chi connectivity index (χ1) is 8.04. The largest absolute Gasteiger partial charge is 0.478 e. The van der Waals surface area contributed by atoms with Crippen molar-refractivity contribution in [2.45, 2.75) is 26.2 Å². The summed E-state index contributed by atoms with van der Waals surface area (Å²) in [5.74, 6) is -0.236. The smallest absolute Gasteiger partial charge is 0.339 e. The number of aryl methyl sites for hydroxylation is 1. The molecule has 5 nitrogen and oxygen atoms in total. The Morgan fingerprint density at radius 2 is 2.12 bits per heavy atom. The molecule has 0 amide bonds. The molecule has 0 radical (unpaired) electrons. The van der Waals surface area contributed by atoms with E-state index in [1.807, 2.05) is 25.9 Å². The topological polar surface area (TPSA) is 66.3 Å². The summed E-state index contributed by atoms with van der Waals surface area (Å²) in [4.78, 5) is 21.5. The number of nitrogens with zero attached hydrogens (tertiary/aromatic N) is 3. The molecule has 1 heterocycles. The zero-order valence-corrected chi connectivity index (χ0v) is 10.6. The van der Waals surface area contributed by atoms with Gasteiger partial charge in [-0.1, -0.05) is 13.3 Å². The van der Waals surface area contributed by atoms with Crippen molar-refractivity contribution in [2.75, 3.05) is 20.6 Å². The molecular formula is C12H19N3O2. The average molecular weight is 237 g/mol. The second-order valence-corrected chi connectivity index (χ2v) is 4.26. The van der Waals surface area contributed by atoms with Crippen LogP contribution >= 0.6 is 0 Å². The zero-order valence-electron chi connectivity index (χ0n) is 10.6. The van der Waals surface area contributed by atoms with Gasteiger partial charge in [-0.25, -0.2) is 14.8 Å². The van der Waals surface area contributed by atoms with Gasteiger partial charge in [0.1, 0.15) is 5.82 Å². The Kier molecular flexibility index (Phi) is 5.03. The summed E-state index contributed by atoms with van der Waals surface area (Å²) in [6, 6.07) is 0. The number of aromatic nitrogens is 2. The molecule has 0 aliphatic rings. The summed E-state index contributed by atoms with van der Waals surface area (Å²) in [5.41, 5.74) is 0.865. The molecule has 0 aromatic carbocycles. The van der Waals surface area contributed by atoms with Gasteiger partial charge >= 0.3 is 5.97 Å². The molecule has 1 aromatic heterocycles. The summed E-state index contributed by atoms with van der Waals surface area (Å²) in [6.07, 6.45) is 3.72. The summed E-state index contributed by atoms with van der Waals surface area (Å²) in [5, 5.41) is 9.01. The lowest BCUT2D eigenvalue weighted by molar-refractivity contribution is 0.0694. The quantitative estimate of drug-likeness (QED) is 0.806. The third kappa shape index (κ3) is 4.11. The number of carbonyl (C=O) groups is 1. The van der Waals surface area contributed by atoms with E-state index in [9.17, 15) is 4.79 Å². The van der Waals surface area contributed by atoms with Gasteiger partial charge in [0.25, 0.3) is 0 Å². The maximum Gasteiger partial charge on any atom is 0.339 e. The minimum Gasteiger partial charge on any atom is -0.478 e. The second-order valence-electron chi connectivity index (χ2n) is 4.26. The van der Waals surface area contributed by atoms with Crippen LogP contribution in [0.3, 0.4) is 0 Å². The number of hydrogen-bond donors (Lipinski definition) is 1. The van der Waals surface area contributed by atoms with E-state index in [-0.39, 0.29) is 5.56 Å². The van der Waals surface area contributed by atoms with Crippen LogP contribution in [0.5, 0.6) is 0 Å². The van der Waals surface area contributed by atoms with Crippen LogP contribution in [-0.4, -0.2) is 46.6 Å². The van der Waals surface area contributed by atoms with E-state index in [4.69, 9.17) is 5.11 Å². The average Bonchev–Trinajstić information content (AvgIpc) is 2.26. The van der Waals surface area contributed by atoms with Crippen LogP contribution in [-0.2, 0) is 12.8 Å². The highest BCUT2D eigenvalue weighted by Crippen LogP contribution is 2.08. The SMILES string of the molecule is CCCc1nc(CCN(C)C)ncc1C(=O)O. The summed E-state index contributed by atoms with van der Waals surface area (Å²) in [7, 11) is 3.97. The molecule has 1 rings (SSSR count). The van der Waals surface area contributed by atoms with Crippen LogP contribution in [0.2, 0.25) is 0 Å². The van der Waals surface area contributed by atoms with Crippen molar-refractivity contribution in [3.8, 4) is 0 Å². The highest BCUT2D eigenvalue weighted by molar-refractivity contribution is 5.88. The van der Waals surface area contributed by atoms with Crippen molar-refractivity contribution in [2.24, 2.45) is 0 Å². The van der Waals surface area contributed by atoms with Gasteiger partial charge in [-0.15, -0.1) is 0 Å². The van der Waals surface area contributed by atoms with E-state index in [1.165, 1.54) is 6.20 Å². The van der Waals surface area contributed by atoms with E-state index >= 15 is 0 Å². The molecule has 0 saturated heterocycles. The van der Waals surface area contributed by atoms with Gasteiger partial charge in [-0.05, 0) is 20.5 Å². The molecule has 5 heteroatoms. The van der Waals surface area contributed by atoms with Crippen LogP contribution in [0, 0.1) is 0 Å². The Balaban J connectivity index is 2.89. The molecule has 0 fully saturated rings. The van der Waals surface area contributed by atoms with Crippen LogP contribution in [0.25, 0.3) is 0 Å². The molecule has 0 aliphatic carbocycles. The molecule has 17 heavy (non-hydrogen) atoms. The molecule has 94 valence electrons. The fourth-order valence-corrected chi connectivity index (χ4v) is 1.51. The fourth-order valence-electron chi connectivity index (χ4n) is 1.51. The minimum atomic E-state index is -0.951. The number of carboxylic acids is 1. The summed E-state index contributed by atoms with van der Waals surface area (Å²) >= 11 is 0. The monoisotopic (exact) mass is 237 g/mol.